The molecule has 1 rings (SSSR count). The summed E-state index contributed by atoms with van der Waals surface area (Å²) in [6.45, 7) is 4.71. The summed E-state index contributed by atoms with van der Waals surface area (Å²) in [6.07, 6.45) is 6.08. The van der Waals surface area contributed by atoms with E-state index in [9.17, 15) is 4.39 Å². The van der Waals surface area contributed by atoms with Crippen LogP contribution in [0.2, 0.25) is 0 Å². The average Bonchev–Trinajstić information content (AvgIpc) is 2.42. The molecule has 0 aliphatic heterocycles. The van der Waals surface area contributed by atoms with E-state index in [2.05, 4.69) is 13.8 Å². The molecule has 3 heteroatoms. The molecule has 0 heterocycles. The van der Waals surface area contributed by atoms with E-state index in [1.54, 1.807) is 12.1 Å². The van der Waals surface area contributed by atoms with Crippen LogP contribution < -0.4 is 5.73 Å². The minimum atomic E-state index is -0.230. The molecule has 2 N–H and O–H groups in total. The number of benzene rings is 1. The SMILES string of the molecule is CCCCCCC(C)OC(CN)c1ccc(F)cc1. The first-order valence-corrected chi connectivity index (χ1v) is 7.28. The zero-order valence-electron chi connectivity index (χ0n) is 12.1. The fourth-order valence-electron chi connectivity index (χ4n) is 2.15. The van der Waals surface area contributed by atoms with Crippen molar-refractivity contribution in [1.29, 1.82) is 0 Å². The normalized spacial score (nSPS) is 14.3. The van der Waals surface area contributed by atoms with Crippen LogP contribution in [0.1, 0.15) is 57.6 Å². The second-order valence-electron chi connectivity index (χ2n) is 5.07. The molecule has 0 spiro atoms. The minimum Gasteiger partial charge on any atom is -0.369 e. The Morgan fingerprint density at radius 2 is 1.84 bits per heavy atom. The summed E-state index contributed by atoms with van der Waals surface area (Å²) in [6, 6.07) is 6.40. The van der Waals surface area contributed by atoms with Crippen LogP contribution in [0.25, 0.3) is 0 Å². The molecule has 0 fully saturated rings. The van der Waals surface area contributed by atoms with Gasteiger partial charge in [0.1, 0.15) is 5.82 Å². The van der Waals surface area contributed by atoms with Gasteiger partial charge in [0.05, 0.1) is 12.2 Å². The summed E-state index contributed by atoms with van der Waals surface area (Å²) in [5, 5.41) is 0. The molecule has 108 valence electrons. The highest BCUT2D eigenvalue weighted by Crippen LogP contribution is 2.20. The maximum Gasteiger partial charge on any atom is 0.123 e. The minimum absolute atomic E-state index is 0.137. The van der Waals surface area contributed by atoms with Gasteiger partial charge < -0.3 is 10.5 Å². The van der Waals surface area contributed by atoms with E-state index in [0.29, 0.717) is 6.54 Å². The van der Waals surface area contributed by atoms with Gasteiger partial charge in [0, 0.05) is 6.54 Å². The predicted molar refractivity (Wildman–Crippen MR) is 77.5 cm³/mol. The van der Waals surface area contributed by atoms with Gasteiger partial charge in [-0.1, -0.05) is 44.7 Å². The Morgan fingerprint density at radius 3 is 2.42 bits per heavy atom. The van der Waals surface area contributed by atoms with Gasteiger partial charge in [-0.25, -0.2) is 4.39 Å². The van der Waals surface area contributed by atoms with Gasteiger partial charge in [-0.05, 0) is 31.0 Å². The molecule has 19 heavy (non-hydrogen) atoms. The fraction of sp³-hybridized carbons (Fsp3) is 0.625. The van der Waals surface area contributed by atoms with Crippen molar-refractivity contribution in [3.63, 3.8) is 0 Å². The van der Waals surface area contributed by atoms with Gasteiger partial charge in [-0.3, -0.25) is 0 Å². The van der Waals surface area contributed by atoms with Crippen LogP contribution in [0.4, 0.5) is 4.39 Å². The Kier molecular flexibility index (Phi) is 7.68. The van der Waals surface area contributed by atoms with Crippen LogP contribution >= 0.6 is 0 Å². The molecule has 0 saturated heterocycles. The summed E-state index contributed by atoms with van der Waals surface area (Å²) >= 11 is 0. The molecule has 0 bridgehead atoms. The lowest BCUT2D eigenvalue weighted by Gasteiger charge is -2.21. The Morgan fingerprint density at radius 1 is 1.16 bits per heavy atom. The number of unbranched alkanes of at least 4 members (excludes halogenated alkanes) is 3. The molecule has 0 amide bonds. The lowest BCUT2D eigenvalue weighted by Crippen LogP contribution is -2.21. The first-order chi connectivity index (χ1) is 9.17. The smallest absolute Gasteiger partial charge is 0.123 e. The topological polar surface area (TPSA) is 35.2 Å². The Hall–Kier alpha value is -0.930. The van der Waals surface area contributed by atoms with E-state index < -0.39 is 0 Å². The third-order valence-electron chi connectivity index (χ3n) is 3.32. The van der Waals surface area contributed by atoms with Crippen molar-refractivity contribution in [2.75, 3.05) is 6.54 Å². The maximum atomic E-state index is 12.9. The monoisotopic (exact) mass is 267 g/mol. The molecule has 2 atom stereocenters. The van der Waals surface area contributed by atoms with Crippen LogP contribution in [0.15, 0.2) is 24.3 Å². The van der Waals surface area contributed by atoms with Crippen molar-refractivity contribution in [1.82, 2.24) is 0 Å². The van der Waals surface area contributed by atoms with Crippen LogP contribution in [-0.2, 0) is 4.74 Å². The number of hydrogen-bond acceptors (Lipinski definition) is 2. The third-order valence-corrected chi connectivity index (χ3v) is 3.32. The summed E-state index contributed by atoms with van der Waals surface area (Å²) in [4.78, 5) is 0. The lowest BCUT2D eigenvalue weighted by molar-refractivity contribution is -0.00376. The molecule has 0 saturated carbocycles. The number of rotatable bonds is 9. The second kappa shape index (κ2) is 9.05. The van der Waals surface area contributed by atoms with E-state index in [-0.39, 0.29) is 18.0 Å². The quantitative estimate of drug-likeness (QED) is 0.680. The number of nitrogens with two attached hydrogens (primary N) is 1. The van der Waals surface area contributed by atoms with Crippen molar-refractivity contribution in [3.8, 4) is 0 Å². The van der Waals surface area contributed by atoms with Crippen molar-refractivity contribution in [2.45, 2.75) is 58.2 Å². The van der Waals surface area contributed by atoms with Gasteiger partial charge in [-0.2, -0.15) is 0 Å². The molecule has 2 unspecified atom stereocenters. The highest BCUT2D eigenvalue weighted by molar-refractivity contribution is 5.19. The maximum absolute atomic E-state index is 12.9. The van der Waals surface area contributed by atoms with Crippen molar-refractivity contribution in [2.24, 2.45) is 5.73 Å². The molecule has 1 aromatic rings. The van der Waals surface area contributed by atoms with E-state index in [1.807, 2.05) is 0 Å². The zero-order valence-corrected chi connectivity index (χ0v) is 12.1. The fourth-order valence-corrected chi connectivity index (χ4v) is 2.15. The van der Waals surface area contributed by atoms with Gasteiger partial charge >= 0.3 is 0 Å². The highest BCUT2D eigenvalue weighted by atomic mass is 19.1. The summed E-state index contributed by atoms with van der Waals surface area (Å²) in [7, 11) is 0. The van der Waals surface area contributed by atoms with Gasteiger partial charge in [0.25, 0.3) is 0 Å². The summed E-state index contributed by atoms with van der Waals surface area (Å²) < 4.78 is 18.8. The van der Waals surface area contributed by atoms with Crippen molar-refractivity contribution >= 4 is 0 Å². The number of hydrogen-bond donors (Lipinski definition) is 1. The van der Waals surface area contributed by atoms with E-state index in [1.165, 1.54) is 37.8 Å². The summed E-state index contributed by atoms with van der Waals surface area (Å²) in [5.41, 5.74) is 6.70. The molecule has 0 radical (unpaired) electrons. The van der Waals surface area contributed by atoms with Crippen LogP contribution in [-0.4, -0.2) is 12.6 Å². The first kappa shape index (κ1) is 16.1. The van der Waals surface area contributed by atoms with Gasteiger partial charge in [-0.15, -0.1) is 0 Å². The van der Waals surface area contributed by atoms with Gasteiger partial charge in [0.2, 0.25) is 0 Å². The lowest BCUT2D eigenvalue weighted by atomic mass is 10.1. The highest BCUT2D eigenvalue weighted by Gasteiger charge is 2.14. The Balaban J connectivity index is 2.41. The van der Waals surface area contributed by atoms with Crippen LogP contribution in [0.5, 0.6) is 0 Å². The van der Waals surface area contributed by atoms with Crippen LogP contribution in [0.3, 0.4) is 0 Å². The van der Waals surface area contributed by atoms with Crippen molar-refractivity contribution in [3.05, 3.63) is 35.6 Å². The van der Waals surface area contributed by atoms with Crippen LogP contribution in [0, 0.1) is 5.82 Å². The van der Waals surface area contributed by atoms with E-state index >= 15 is 0 Å². The molecular formula is C16H26FNO. The molecule has 0 aliphatic carbocycles. The molecule has 1 aromatic carbocycles. The van der Waals surface area contributed by atoms with E-state index in [4.69, 9.17) is 10.5 Å². The number of halogens is 1. The molecule has 0 aliphatic rings. The Labute approximate surface area is 116 Å². The van der Waals surface area contributed by atoms with Crippen molar-refractivity contribution < 1.29 is 9.13 Å². The van der Waals surface area contributed by atoms with Gasteiger partial charge in [0.15, 0.2) is 0 Å². The molecule has 0 aromatic heterocycles. The average molecular weight is 267 g/mol. The second-order valence-corrected chi connectivity index (χ2v) is 5.07. The summed E-state index contributed by atoms with van der Waals surface area (Å²) in [5.74, 6) is -0.230. The third kappa shape index (κ3) is 6.17. The Bertz CT molecular complexity index is 339. The molecule has 2 nitrogen and oxygen atoms in total. The number of ether oxygens (including phenoxy) is 1. The van der Waals surface area contributed by atoms with E-state index in [0.717, 1.165) is 12.0 Å². The zero-order chi connectivity index (χ0) is 14.1. The first-order valence-electron chi connectivity index (χ1n) is 7.28. The predicted octanol–water partition coefficient (Wildman–Crippen LogP) is 4.20. The standard InChI is InChI=1S/C16H26FNO/c1-3-4-5-6-7-13(2)19-16(12-18)14-8-10-15(17)11-9-14/h8-11,13,16H,3-7,12,18H2,1-2H3. The molecular weight excluding hydrogens is 241 g/mol. The largest absolute Gasteiger partial charge is 0.369 e.